The van der Waals surface area contributed by atoms with Crippen molar-refractivity contribution < 1.29 is 13.2 Å². The molecule has 24 heavy (non-hydrogen) atoms. The molecule has 0 unspecified atom stereocenters. The van der Waals surface area contributed by atoms with Crippen LogP contribution in [0.5, 0.6) is 5.75 Å². The Labute approximate surface area is 146 Å². The molecular formula is C19H29NO3S. The summed E-state index contributed by atoms with van der Waals surface area (Å²) in [6, 6.07) is 1.47. The second-order valence-corrected chi connectivity index (χ2v) is 7.96. The molecule has 0 fully saturated rings. The van der Waals surface area contributed by atoms with Crippen LogP contribution in [0.4, 0.5) is 0 Å². The third kappa shape index (κ3) is 4.73. The lowest BCUT2D eigenvalue weighted by Gasteiger charge is -2.21. The van der Waals surface area contributed by atoms with Crippen LogP contribution >= 0.6 is 0 Å². The number of rotatable bonds is 7. The molecule has 0 spiro atoms. The first-order valence-electron chi connectivity index (χ1n) is 8.23. The van der Waals surface area contributed by atoms with Crippen LogP contribution in [0, 0.1) is 26.7 Å². The highest BCUT2D eigenvalue weighted by Crippen LogP contribution is 2.30. The van der Waals surface area contributed by atoms with Crippen LogP contribution in [-0.4, -0.2) is 21.6 Å². The Morgan fingerprint density at radius 2 is 1.88 bits per heavy atom. The van der Waals surface area contributed by atoms with Gasteiger partial charge in [0.15, 0.2) is 0 Å². The molecule has 0 aliphatic rings. The van der Waals surface area contributed by atoms with E-state index in [0.29, 0.717) is 16.2 Å². The van der Waals surface area contributed by atoms with Crippen LogP contribution in [0.1, 0.15) is 43.9 Å². The number of sulfonamides is 1. The molecule has 0 aliphatic carbocycles. The third-order valence-electron chi connectivity index (χ3n) is 4.07. The zero-order valence-electron chi connectivity index (χ0n) is 15.7. The second kappa shape index (κ2) is 8.52. The highest BCUT2D eigenvalue weighted by molar-refractivity contribution is 7.89. The van der Waals surface area contributed by atoms with Gasteiger partial charge in [-0.05, 0) is 68.0 Å². The fraction of sp³-hybridized carbons (Fsp3) is 0.526. The second-order valence-electron chi connectivity index (χ2n) is 6.31. The summed E-state index contributed by atoms with van der Waals surface area (Å²) in [6.45, 7) is 11.5. The average molecular weight is 352 g/mol. The third-order valence-corrected chi connectivity index (χ3v) is 5.82. The summed E-state index contributed by atoms with van der Waals surface area (Å²) >= 11 is 0. The van der Waals surface area contributed by atoms with Crippen LogP contribution in [0.15, 0.2) is 28.8 Å². The van der Waals surface area contributed by atoms with Crippen LogP contribution in [0.25, 0.3) is 0 Å². The average Bonchev–Trinajstić information content (AvgIpc) is 2.49. The maximum absolute atomic E-state index is 13.0. The minimum Gasteiger partial charge on any atom is -0.496 e. The van der Waals surface area contributed by atoms with Crippen molar-refractivity contribution in [3.05, 3.63) is 40.6 Å². The Kier molecular flexibility index (Phi) is 7.27. The molecular weight excluding hydrogens is 322 g/mol. The van der Waals surface area contributed by atoms with Gasteiger partial charge in [0.1, 0.15) is 5.75 Å². The SMILES string of the molecule is CCC=C=C[C@@H](NS(=O)(=O)c1c(C)cc(OC)c(C)c1C)C(C)C. The van der Waals surface area contributed by atoms with Gasteiger partial charge in [0.25, 0.3) is 0 Å². The molecule has 0 saturated heterocycles. The van der Waals surface area contributed by atoms with E-state index in [1.54, 1.807) is 26.2 Å². The number of hydrogen-bond donors (Lipinski definition) is 1. The standard InChI is InChI=1S/C19H29NO3S/c1-8-9-10-11-17(13(2)3)20-24(21,22)19-14(4)12-18(23-7)15(5)16(19)6/h9,11-13,17,20H,8H2,1-7H3/t10?,17-/m1/s1. The zero-order valence-corrected chi connectivity index (χ0v) is 16.5. The quantitative estimate of drug-likeness (QED) is 0.754. The lowest BCUT2D eigenvalue weighted by atomic mass is 10.1. The molecule has 1 atom stereocenters. The molecule has 0 saturated carbocycles. The first-order valence-corrected chi connectivity index (χ1v) is 9.72. The van der Waals surface area contributed by atoms with E-state index in [-0.39, 0.29) is 12.0 Å². The smallest absolute Gasteiger partial charge is 0.241 e. The Morgan fingerprint density at radius 1 is 1.25 bits per heavy atom. The Morgan fingerprint density at radius 3 is 2.38 bits per heavy atom. The molecule has 0 aliphatic heterocycles. The highest BCUT2D eigenvalue weighted by Gasteiger charge is 2.26. The van der Waals surface area contributed by atoms with E-state index >= 15 is 0 Å². The molecule has 134 valence electrons. The summed E-state index contributed by atoms with van der Waals surface area (Å²) in [6.07, 6.45) is 4.54. The zero-order chi connectivity index (χ0) is 18.5. The number of hydrogen-bond acceptors (Lipinski definition) is 3. The maximum atomic E-state index is 13.0. The van der Waals surface area contributed by atoms with Gasteiger partial charge in [0.2, 0.25) is 10.0 Å². The Balaban J connectivity index is 3.34. The number of methoxy groups -OCH3 is 1. The van der Waals surface area contributed by atoms with Gasteiger partial charge in [0.05, 0.1) is 12.0 Å². The Hall–Kier alpha value is -1.55. The van der Waals surface area contributed by atoms with Gasteiger partial charge in [-0.15, -0.1) is 5.73 Å². The van der Waals surface area contributed by atoms with Crippen molar-refractivity contribution in [1.82, 2.24) is 4.72 Å². The minimum atomic E-state index is -3.64. The van der Waals surface area contributed by atoms with E-state index in [1.165, 1.54) is 0 Å². The van der Waals surface area contributed by atoms with Crippen LogP contribution in [0.2, 0.25) is 0 Å². The van der Waals surface area contributed by atoms with Crippen molar-refractivity contribution in [2.24, 2.45) is 5.92 Å². The summed E-state index contributed by atoms with van der Waals surface area (Å²) in [5.41, 5.74) is 5.29. The van der Waals surface area contributed by atoms with Crippen LogP contribution in [0.3, 0.4) is 0 Å². The van der Waals surface area contributed by atoms with E-state index in [2.05, 4.69) is 10.5 Å². The molecule has 4 nitrogen and oxygen atoms in total. The minimum absolute atomic E-state index is 0.123. The molecule has 1 rings (SSSR count). The topological polar surface area (TPSA) is 55.4 Å². The number of benzene rings is 1. The van der Waals surface area contributed by atoms with Gasteiger partial charge in [-0.1, -0.05) is 20.8 Å². The van der Waals surface area contributed by atoms with Crippen molar-refractivity contribution >= 4 is 10.0 Å². The largest absolute Gasteiger partial charge is 0.496 e. The molecule has 1 N–H and O–H groups in total. The number of nitrogens with one attached hydrogen (secondary N) is 1. The summed E-state index contributed by atoms with van der Waals surface area (Å²) < 4.78 is 34.1. The highest BCUT2D eigenvalue weighted by atomic mass is 32.2. The van der Waals surface area contributed by atoms with Gasteiger partial charge >= 0.3 is 0 Å². The van der Waals surface area contributed by atoms with E-state index in [1.807, 2.05) is 40.7 Å². The number of aryl methyl sites for hydroxylation is 1. The predicted molar refractivity (Wildman–Crippen MR) is 99.1 cm³/mol. The predicted octanol–water partition coefficient (Wildman–Crippen LogP) is 4.04. The van der Waals surface area contributed by atoms with Gasteiger partial charge < -0.3 is 4.74 Å². The molecule has 0 heterocycles. The summed E-state index contributed by atoms with van der Waals surface area (Å²) in [5, 5.41) is 0. The lowest BCUT2D eigenvalue weighted by molar-refractivity contribution is 0.410. The first kappa shape index (κ1) is 20.5. The lowest BCUT2D eigenvalue weighted by Crippen LogP contribution is -2.37. The van der Waals surface area contributed by atoms with Gasteiger partial charge in [-0.3, -0.25) is 0 Å². The van der Waals surface area contributed by atoms with Crippen LogP contribution in [-0.2, 0) is 10.0 Å². The summed E-state index contributed by atoms with van der Waals surface area (Å²) in [5.74, 6) is 0.827. The normalized spacial score (nSPS) is 12.7. The monoisotopic (exact) mass is 351 g/mol. The van der Waals surface area contributed by atoms with Crippen molar-refractivity contribution in [3.63, 3.8) is 0 Å². The maximum Gasteiger partial charge on any atom is 0.241 e. The van der Waals surface area contributed by atoms with Crippen molar-refractivity contribution in [2.75, 3.05) is 7.11 Å². The molecule has 1 aromatic carbocycles. The van der Waals surface area contributed by atoms with E-state index in [0.717, 1.165) is 17.5 Å². The van der Waals surface area contributed by atoms with Gasteiger partial charge in [-0.25, -0.2) is 13.1 Å². The fourth-order valence-electron chi connectivity index (χ4n) is 2.54. The molecule has 0 amide bonds. The van der Waals surface area contributed by atoms with Crippen molar-refractivity contribution in [2.45, 2.75) is 58.9 Å². The van der Waals surface area contributed by atoms with Crippen LogP contribution < -0.4 is 9.46 Å². The summed E-state index contributed by atoms with van der Waals surface area (Å²) in [7, 11) is -2.05. The van der Waals surface area contributed by atoms with E-state index in [4.69, 9.17) is 4.74 Å². The van der Waals surface area contributed by atoms with E-state index < -0.39 is 10.0 Å². The van der Waals surface area contributed by atoms with Crippen molar-refractivity contribution in [1.29, 1.82) is 0 Å². The van der Waals surface area contributed by atoms with Gasteiger partial charge in [0, 0.05) is 6.04 Å². The first-order chi connectivity index (χ1) is 11.2. The molecule has 0 radical (unpaired) electrons. The van der Waals surface area contributed by atoms with Gasteiger partial charge in [-0.2, -0.15) is 0 Å². The molecule has 0 aromatic heterocycles. The fourth-order valence-corrected chi connectivity index (χ4v) is 4.39. The Bertz CT molecular complexity index is 742. The summed E-state index contributed by atoms with van der Waals surface area (Å²) in [4.78, 5) is 0.333. The van der Waals surface area contributed by atoms with Crippen molar-refractivity contribution in [3.8, 4) is 5.75 Å². The number of ether oxygens (including phenoxy) is 1. The molecule has 1 aromatic rings. The van der Waals surface area contributed by atoms with E-state index in [9.17, 15) is 8.42 Å². The molecule has 0 bridgehead atoms. The molecule has 5 heteroatoms.